The number of phenols is 1. The Hall–Kier alpha value is -2.91. The quantitative estimate of drug-likeness (QED) is 0.522. The summed E-state index contributed by atoms with van der Waals surface area (Å²) in [6.07, 6.45) is -3.79. The summed E-state index contributed by atoms with van der Waals surface area (Å²) in [6.45, 7) is -0.501. The van der Waals surface area contributed by atoms with Crippen LogP contribution in [0.2, 0.25) is 0 Å². The van der Waals surface area contributed by atoms with Crippen molar-refractivity contribution in [3.63, 3.8) is 0 Å². The van der Waals surface area contributed by atoms with Crippen LogP contribution in [-0.4, -0.2) is 51.6 Å². The van der Waals surface area contributed by atoms with Crippen molar-refractivity contribution in [2.45, 2.75) is 24.6 Å². The van der Waals surface area contributed by atoms with Gasteiger partial charge in [-0.05, 0) is 17.7 Å². The SMILES string of the molecule is O=c1c(-c2ccccc2)coc2c(O)c(O[C@H]3O[C@H](CO)[C@@H](O)[C@@H]3O)ccc12. The van der Waals surface area contributed by atoms with Gasteiger partial charge in [-0.3, -0.25) is 4.79 Å². The molecule has 0 saturated carbocycles. The molecule has 1 aromatic heterocycles. The molecule has 4 N–H and O–H groups in total. The van der Waals surface area contributed by atoms with Gasteiger partial charge in [-0.15, -0.1) is 0 Å². The van der Waals surface area contributed by atoms with Crippen molar-refractivity contribution in [1.29, 1.82) is 0 Å². The van der Waals surface area contributed by atoms with E-state index < -0.39 is 37.0 Å². The van der Waals surface area contributed by atoms with Gasteiger partial charge in [0.15, 0.2) is 11.3 Å². The van der Waals surface area contributed by atoms with Crippen molar-refractivity contribution in [3.05, 3.63) is 59.0 Å². The highest BCUT2D eigenvalue weighted by Gasteiger charge is 2.44. The molecule has 3 aromatic rings. The molecule has 0 bridgehead atoms. The number of aliphatic hydroxyl groups excluding tert-OH is 3. The fourth-order valence-electron chi connectivity index (χ4n) is 3.17. The molecule has 8 nitrogen and oxygen atoms in total. The number of fused-ring (bicyclic) bond motifs is 1. The molecule has 4 atom stereocenters. The Bertz CT molecular complexity index is 1050. The van der Waals surface area contributed by atoms with Gasteiger partial charge in [-0.25, -0.2) is 0 Å². The van der Waals surface area contributed by atoms with Gasteiger partial charge in [0, 0.05) is 0 Å². The van der Waals surface area contributed by atoms with Crippen LogP contribution in [0.1, 0.15) is 0 Å². The zero-order chi connectivity index (χ0) is 19.8. The van der Waals surface area contributed by atoms with Crippen LogP contribution >= 0.6 is 0 Å². The lowest BCUT2D eigenvalue weighted by Gasteiger charge is -2.17. The predicted molar refractivity (Wildman–Crippen MR) is 98.0 cm³/mol. The summed E-state index contributed by atoms with van der Waals surface area (Å²) in [5.41, 5.74) is 0.644. The lowest BCUT2D eigenvalue weighted by molar-refractivity contribution is -0.117. The summed E-state index contributed by atoms with van der Waals surface area (Å²) >= 11 is 0. The monoisotopic (exact) mass is 386 g/mol. The van der Waals surface area contributed by atoms with Gasteiger partial charge in [0.25, 0.3) is 0 Å². The molecule has 1 aliphatic heterocycles. The minimum absolute atomic E-state index is 0.0751. The van der Waals surface area contributed by atoms with Crippen LogP contribution in [0.4, 0.5) is 0 Å². The highest BCUT2D eigenvalue weighted by atomic mass is 16.7. The second kappa shape index (κ2) is 7.25. The van der Waals surface area contributed by atoms with E-state index in [2.05, 4.69) is 0 Å². The molecule has 28 heavy (non-hydrogen) atoms. The molecule has 0 unspecified atom stereocenters. The smallest absolute Gasteiger partial charge is 0.229 e. The Morgan fingerprint density at radius 3 is 2.46 bits per heavy atom. The number of hydrogen-bond donors (Lipinski definition) is 4. The number of phenolic OH excluding ortho intramolecular Hbond substituents is 1. The van der Waals surface area contributed by atoms with E-state index >= 15 is 0 Å². The average Bonchev–Trinajstić information content (AvgIpc) is 2.99. The number of benzene rings is 2. The number of aliphatic hydroxyl groups is 3. The molecule has 0 amide bonds. The van der Waals surface area contributed by atoms with Gasteiger partial charge in [-0.1, -0.05) is 30.3 Å². The lowest BCUT2D eigenvalue weighted by atomic mass is 10.1. The van der Waals surface area contributed by atoms with Crippen LogP contribution < -0.4 is 10.2 Å². The summed E-state index contributed by atoms with van der Waals surface area (Å²) in [5, 5.41) is 39.5. The van der Waals surface area contributed by atoms with Crippen molar-refractivity contribution in [3.8, 4) is 22.6 Å². The Morgan fingerprint density at radius 2 is 1.79 bits per heavy atom. The van der Waals surface area contributed by atoms with E-state index in [-0.39, 0.29) is 22.1 Å². The van der Waals surface area contributed by atoms with Gasteiger partial charge in [-0.2, -0.15) is 0 Å². The number of hydrogen-bond acceptors (Lipinski definition) is 8. The van der Waals surface area contributed by atoms with Crippen LogP contribution in [0.5, 0.6) is 11.5 Å². The van der Waals surface area contributed by atoms with E-state index in [0.717, 1.165) is 0 Å². The second-order valence-corrected chi connectivity index (χ2v) is 6.46. The maximum Gasteiger partial charge on any atom is 0.229 e. The Morgan fingerprint density at radius 1 is 1.04 bits per heavy atom. The second-order valence-electron chi connectivity index (χ2n) is 6.46. The van der Waals surface area contributed by atoms with Crippen LogP contribution in [0.15, 0.2) is 57.9 Å². The van der Waals surface area contributed by atoms with Gasteiger partial charge in [0.2, 0.25) is 17.5 Å². The maximum atomic E-state index is 12.8. The summed E-state index contributed by atoms with van der Waals surface area (Å²) < 4.78 is 16.1. The third-order valence-electron chi connectivity index (χ3n) is 4.70. The first-order valence-electron chi connectivity index (χ1n) is 8.63. The normalized spacial score (nSPS) is 24.5. The fraction of sp³-hybridized carbons (Fsp3) is 0.250. The molecule has 0 spiro atoms. The molecule has 1 aliphatic rings. The van der Waals surface area contributed by atoms with E-state index in [1.807, 2.05) is 6.07 Å². The largest absolute Gasteiger partial charge is 0.502 e. The Kier molecular flexibility index (Phi) is 4.78. The highest BCUT2D eigenvalue weighted by molar-refractivity contribution is 5.87. The van der Waals surface area contributed by atoms with Gasteiger partial charge < -0.3 is 34.3 Å². The molecular formula is C20H18O8. The van der Waals surface area contributed by atoms with Crippen LogP contribution in [0.3, 0.4) is 0 Å². The minimum atomic E-state index is -1.42. The van der Waals surface area contributed by atoms with Gasteiger partial charge in [0.1, 0.15) is 24.6 Å². The van der Waals surface area contributed by atoms with Gasteiger partial charge >= 0.3 is 0 Å². The molecule has 0 radical (unpaired) electrons. The summed E-state index contributed by atoms with van der Waals surface area (Å²) in [4.78, 5) is 12.8. The molecule has 2 aromatic carbocycles. The number of rotatable bonds is 4. The number of aromatic hydroxyl groups is 1. The molecule has 146 valence electrons. The Labute approximate surface area is 158 Å². The first-order valence-corrected chi connectivity index (χ1v) is 8.63. The van der Waals surface area contributed by atoms with Crippen molar-refractivity contribution < 1.29 is 34.3 Å². The zero-order valence-corrected chi connectivity index (χ0v) is 14.6. The summed E-state index contributed by atoms with van der Waals surface area (Å²) in [7, 11) is 0. The van der Waals surface area contributed by atoms with Crippen molar-refractivity contribution in [2.75, 3.05) is 6.61 Å². The van der Waals surface area contributed by atoms with Gasteiger partial charge in [0.05, 0.1) is 17.6 Å². The fourth-order valence-corrected chi connectivity index (χ4v) is 3.17. The van der Waals surface area contributed by atoms with E-state index in [4.69, 9.17) is 19.0 Å². The topological polar surface area (TPSA) is 130 Å². The third kappa shape index (κ3) is 3.02. The first kappa shape index (κ1) is 18.5. The number of ether oxygens (including phenoxy) is 2. The molecular weight excluding hydrogens is 368 g/mol. The van der Waals surface area contributed by atoms with Crippen LogP contribution in [0, 0.1) is 0 Å². The van der Waals surface area contributed by atoms with Crippen LogP contribution in [0.25, 0.3) is 22.1 Å². The lowest BCUT2D eigenvalue weighted by Crippen LogP contribution is -2.35. The maximum absolute atomic E-state index is 12.8. The standard InChI is InChI=1S/C20H18O8/c21-8-14-16(23)18(25)20(28-14)27-13-7-6-11-15(22)12(9-26-19(11)17(13)24)10-4-2-1-3-5-10/h1-7,9,14,16,18,20-21,23-25H,8H2/t14-,16-,18+,20+/m1/s1. The molecule has 4 rings (SSSR count). The molecule has 8 heteroatoms. The van der Waals surface area contributed by atoms with E-state index in [0.29, 0.717) is 11.1 Å². The summed E-state index contributed by atoms with van der Waals surface area (Å²) in [6, 6.07) is 11.8. The molecule has 0 aliphatic carbocycles. The van der Waals surface area contributed by atoms with E-state index in [9.17, 15) is 20.1 Å². The van der Waals surface area contributed by atoms with Crippen molar-refractivity contribution in [2.24, 2.45) is 0 Å². The third-order valence-corrected chi connectivity index (χ3v) is 4.70. The Balaban J connectivity index is 1.69. The first-order chi connectivity index (χ1) is 13.5. The minimum Gasteiger partial charge on any atom is -0.502 e. The average molecular weight is 386 g/mol. The van der Waals surface area contributed by atoms with E-state index in [1.54, 1.807) is 24.3 Å². The molecule has 1 saturated heterocycles. The highest BCUT2D eigenvalue weighted by Crippen LogP contribution is 2.36. The molecule has 1 fully saturated rings. The van der Waals surface area contributed by atoms with Crippen molar-refractivity contribution in [1.82, 2.24) is 0 Å². The summed E-state index contributed by atoms with van der Waals surface area (Å²) in [5.74, 6) is -0.537. The zero-order valence-electron chi connectivity index (χ0n) is 14.6. The van der Waals surface area contributed by atoms with Crippen LogP contribution in [-0.2, 0) is 4.74 Å². The van der Waals surface area contributed by atoms with Crippen molar-refractivity contribution >= 4 is 11.0 Å². The predicted octanol–water partition coefficient (Wildman–Crippen LogP) is 0.983. The van der Waals surface area contributed by atoms with E-state index in [1.165, 1.54) is 18.4 Å². The molecule has 2 heterocycles.